The molecule has 0 heterocycles. The highest BCUT2D eigenvalue weighted by molar-refractivity contribution is 7.92. The lowest BCUT2D eigenvalue weighted by molar-refractivity contribution is -0.384. The molecular formula is C18H13ClN2O6S. The van der Waals surface area contributed by atoms with E-state index >= 15 is 0 Å². The predicted octanol–water partition coefficient (Wildman–Crippen LogP) is 3.68. The Kier molecular flexibility index (Phi) is 5.21. The predicted molar refractivity (Wildman–Crippen MR) is 104 cm³/mol. The normalized spacial score (nSPS) is 11.3. The number of nitro groups is 1. The lowest BCUT2D eigenvalue weighted by atomic mass is 10.1. The van der Waals surface area contributed by atoms with E-state index in [4.69, 9.17) is 11.6 Å². The summed E-state index contributed by atoms with van der Waals surface area (Å²) in [6, 6.07) is 14.6. The van der Waals surface area contributed by atoms with E-state index in [2.05, 4.69) is 0 Å². The summed E-state index contributed by atoms with van der Waals surface area (Å²) in [6.45, 7) is -0.948. The van der Waals surface area contributed by atoms with Gasteiger partial charge in [-0.05, 0) is 29.0 Å². The van der Waals surface area contributed by atoms with Crippen LogP contribution in [0.3, 0.4) is 0 Å². The fourth-order valence-electron chi connectivity index (χ4n) is 2.68. The van der Waals surface area contributed by atoms with Crippen LogP contribution in [-0.4, -0.2) is 31.0 Å². The number of hydrogen-bond donors (Lipinski definition) is 1. The van der Waals surface area contributed by atoms with Gasteiger partial charge in [0, 0.05) is 12.1 Å². The smallest absolute Gasteiger partial charge is 0.324 e. The van der Waals surface area contributed by atoms with Crippen molar-refractivity contribution >= 4 is 49.7 Å². The van der Waals surface area contributed by atoms with Crippen molar-refractivity contribution in [2.24, 2.45) is 0 Å². The van der Waals surface area contributed by atoms with Crippen molar-refractivity contribution in [2.75, 3.05) is 10.8 Å². The molecule has 0 radical (unpaired) electrons. The van der Waals surface area contributed by atoms with E-state index in [0.717, 1.165) is 23.6 Å². The molecule has 0 spiro atoms. The standard InChI is InChI=1S/C18H13ClN2O6S/c19-16-8-6-14(21(24)25)10-17(16)20(11-18(22)23)28(26,27)15-7-5-12-3-1-2-4-13(12)9-15/h1-10H,11H2,(H,22,23). The zero-order valence-corrected chi connectivity index (χ0v) is 15.7. The van der Waals surface area contributed by atoms with E-state index in [1.54, 1.807) is 30.3 Å². The molecule has 0 amide bonds. The molecular weight excluding hydrogens is 408 g/mol. The summed E-state index contributed by atoms with van der Waals surface area (Å²) in [6.07, 6.45) is 0. The van der Waals surface area contributed by atoms with Crippen molar-refractivity contribution in [3.05, 3.63) is 75.8 Å². The molecule has 0 fully saturated rings. The number of fused-ring (bicyclic) bond motifs is 1. The fraction of sp³-hybridized carbons (Fsp3) is 0.0556. The van der Waals surface area contributed by atoms with E-state index in [-0.39, 0.29) is 15.6 Å². The van der Waals surface area contributed by atoms with Crippen LogP contribution in [0, 0.1) is 10.1 Å². The van der Waals surface area contributed by atoms with Gasteiger partial charge in [-0.2, -0.15) is 0 Å². The van der Waals surface area contributed by atoms with Crippen LogP contribution in [0.2, 0.25) is 5.02 Å². The average Bonchev–Trinajstić information content (AvgIpc) is 2.66. The first-order chi connectivity index (χ1) is 13.2. The fourth-order valence-corrected chi connectivity index (χ4v) is 4.41. The highest BCUT2D eigenvalue weighted by Crippen LogP contribution is 2.34. The molecule has 0 atom stereocenters. The van der Waals surface area contributed by atoms with Crippen LogP contribution in [0.5, 0.6) is 0 Å². The van der Waals surface area contributed by atoms with E-state index in [1.165, 1.54) is 12.1 Å². The largest absolute Gasteiger partial charge is 0.480 e. The summed E-state index contributed by atoms with van der Waals surface area (Å²) in [4.78, 5) is 21.5. The van der Waals surface area contributed by atoms with Gasteiger partial charge in [-0.3, -0.25) is 19.2 Å². The second kappa shape index (κ2) is 7.45. The minimum absolute atomic E-state index is 0.129. The summed E-state index contributed by atoms with van der Waals surface area (Å²) in [5.74, 6) is -1.44. The molecule has 3 aromatic carbocycles. The zero-order chi connectivity index (χ0) is 20.5. The summed E-state index contributed by atoms with van der Waals surface area (Å²) >= 11 is 6.05. The number of hydrogen-bond acceptors (Lipinski definition) is 5. The molecule has 3 rings (SSSR count). The zero-order valence-electron chi connectivity index (χ0n) is 14.1. The number of carbonyl (C=O) groups is 1. The minimum atomic E-state index is -4.36. The van der Waals surface area contributed by atoms with Gasteiger partial charge in [-0.25, -0.2) is 8.42 Å². The number of nitrogens with zero attached hydrogens (tertiary/aromatic N) is 2. The molecule has 0 unspecified atom stereocenters. The van der Waals surface area contributed by atoms with Crippen molar-refractivity contribution in [1.82, 2.24) is 0 Å². The maximum Gasteiger partial charge on any atom is 0.324 e. The summed E-state index contributed by atoms with van der Waals surface area (Å²) < 4.78 is 26.9. The first-order valence-corrected chi connectivity index (χ1v) is 9.69. The molecule has 0 aliphatic rings. The van der Waals surface area contributed by atoms with Crippen molar-refractivity contribution in [1.29, 1.82) is 0 Å². The molecule has 0 saturated heterocycles. The van der Waals surface area contributed by atoms with Crippen LogP contribution in [0.25, 0.3) is 10.8 Å². The van der Waals surface area contributed by atoms with Crippen LogP contribution in [0.4, 0.5) is 11.4 Å². The van der Waals surface area contributed by atoms with E-state index in [1.807, 2.05) is 0 Å². The second-order valence-electron chi connectivity index (χ2n) is 5.81. The Balaban J connectivity index is 2.19. The summed E-state index contributed by atoms with van der Waals surface area (Å²) in [5.41, 5.74) is -0.699. The van der Waals surface area contributed by atoms with Crippen molar-refractivity contribution in [3.63, 3.8) is 0 Å². The van der Waals surface area contributed by atoms with Gasteiger partial charge < -0.3 is 5.11 Å². The Hall–Kier alpha value is -3.17. The number of carboxylic acids is 1. The van der Waals surface area contributed by atoms with Gasteiger partial charge in [0.25, 0.3) is 15.7 Å². The van der Waals surface area contributed by atoms with Crippen LogP contribution in [0.15, 0.2) is 65.6 Å². The van der Waals surface area contributed by atoms with Gasteiger partial charge in [0.2, 0.25) is 0 Å². The van der Waals surface area contributed by atoms with Crippen molar-refractivity contribution < 1.29 is 23.2 Å². The molecule has 0 saturated carbocycles. The van der Waals surface area contributed by atoms with E-state index in [9.17, 15) is 28.4 Å². The van der Waals surface area contributed by atoms with E-state index < -0.39 is 33.1 Å². The molecule has 144 valence electrons. The molecule has 3 aromatic rings. The molecule has 1 N–H and O–H groups in total. The van der Waals surface area contributed by atoms with Crippen LogP contribution in [0.1, 0.15) is 0 Å². The van der Waals surface area contributed by atoms with Crippen molar-refractivity contribution in [2.45, 2.75) is 4.90 Å². The Morgan fingerprint density at radius 3 is 2.39 bits per heavy atom. The third-order valence-electron chi connectivity index (χ3n) is 4.00. The number of sulfonamides is 1. The van der Waals surface area contributed by atoms with Gasteiger partial charge in [-0.1, -0.05) is 41.9 Å². The Labute approximate surface area is 164 Å². The Morgan fingerprint density at radius 2 is 1.75 bits per heavy atom. The molecule has 0 aliphatic carbocycles. The number of carboxylic acid groups (broad SMARTS) is 1. The number of aliphatic carboxylic acids is 1. The molecule has 0 bridgehead atoms. The number of halogens is 1. The monoisotopic (exact) mass is 420 g/mol. The first kappa shape index (κ1) is 19.6. The lowest BCUT2D eigenvalue weighted by Gasteiger charge is -2.23. The molecule has 10 heteroatoms. The number of rotatable bonds is 6. The van der Waals surface area contributed by atoms with E-state index in [0.29, 0.717) is 9.69 Å². The second-order valence-corrected chi connectivity index (χ2v) is 8.08. The highest BCUT2D eigenvalue weighted by Gasteiger charge is 2.30. The van der Waals surface area contributed by atoms with Crippen molar-refractivity contribution in [3.8, 4) is 0 Å². The Morgan fingerprint density at radius 1 is 1.07 bits per heavy atom. The van der Waals surface area contributed by atoms with Gasteiger partial charge in [0.1, 0.15) is 6.54 Å². The summed E-state index contributed by atoms with van der Waals surface area (Å²) in [7, 11) is -4.36. The lowest BCUT2D eigenvalue weighted by Crippen LogP contribution is -2.36. The maximum atomic E-state index is 13.2. The maximum absolute atomic E-state index is 13.2. The highest BCUT2D eigenvalue weighted by atomic mass is 35.5. The third kappa shape index (κ3) is 3.75. The number of nitro benzene ring substituents is 1. The number of non-ortho nitro benzene ring substituents is 1. The van der Waals surface area contributed by atoms with Crippen LogP contribution in [-0.2, 0) is 14.8 Å². The number of benzene rings is 3. The average molecular weight is 421 g/mol. The van der Waals surface area contributed by atoms with Gasteiger partial charge in [0.05, 0.1) is 20.5 Å². The quantitative estimate of drug-likeness (QED) is 0.480. The molecule has 28 heavy (non-hydrogen) atoms. The first-order valence-electron chi connectivity index (χ1n) is 7.87. The molecule has 8 nitrogen and oxygen atoms in total. The van der Waals surface area contributed by atoms with Gasteiger partial charge in [-0.15, -0.1) is 0 Å². The van der Waals surface area contributed by atoms with Gasteiger partial charge in [0.15, 0.2) is 0 Å². The minimum Gasteiger partial charge on any atom is -0.480 e. The Bertz CT molecular complexity index is 1200. The topological polar surface area (TPSA) is 118 Å². The molecule has 0 aromatic heterocycles. The van der Waals surface area contributed by atoms with Gasteiger partial charge >= 0.3 is 5.97 Å². The third-order valence-corrected chi connectivity index (χ3v) is 6.07. The SMILES string of the molecule is O=C(O)CN(c1cc([N+](=O)[O-])ccc1Cl)S(=O)(=O)c1ccc2ccccc2c1. The van der Waals surface area contributed by atoms with Crippen LogP contribution >= 0.6 is 11.6 Å². The molecule has 0 aliphatic heterocycles. The van der Waals surface area contributed by atoms with Crippen LogP contribution < -0.4 is 4.31 Å². The number of anilines is 1. The summed E-state index contributed by atoms with van der Waals surface area (Å²) in [5, 5.41) is 21.6.